The summed E-state index contributed by atoms with van der Waals surface area (Å²) in [5.41, 5.74) is 8.66. The molecule has 7 nitrogen and oxygen atoms in total. The number of amides is 3. The van der Waals surface area contributed by atoms with Gasteiger partial charge in [-0.1, -0.05) is 38.1 Å². The summed E-state index contributed by atoms with van der Waals surface area (Å²) in [5, 5.41) is 5.67. The minimum atomic E-state index is -0.365. The normalized spacial score (nSPS) is 11.3. The molecule has 0 unspecified atom stereocenters. The lowest BCUT2D eigenvalue weighted by Crippen LogP contribution is -2.44. The van der Waals surface area contributed by atoms with Gasteiger partial charge in [0.2, 0.25) is 0 Å². The van der Waals surface area contributed by atoms with Crippen LogP contribution in [0.25, 0.3) is 0 Å². The predicted molar refractivity (Wildman–Crippen MR) is 143 cm³/mol. The summed E-state index contributed by atoms with van der Waals surface area (Å²) in [7, 11) is 4.00. The highest BCUT2D eigenvalue weighted by Gasteiger charge is 2.26. The van der Waals surface area contributed by atoms with Gasteiger partial charge >= 0.3 is 6.03 Å². The zero-order valence-corrected chi connectivity index (χ0v) is 21.2. The minimum absolute atomic E-state index is 0.181. The fraction of sp³-hybridized carbons (Fsp3) is 0.286. The van der Waals surface area contributed by atoms with E-state index in [0.717, 1.165) is 12.1 Å². The third kappa shape index (κ3) is 7.81. The van der Waals surface area contributed by atoms with Gasteiger partial charge in [-0.15, -0.1) is 0 Å². The van der Waals surface area contributed by atoms with Crippen molar-refractivity contribution in [3.8, 4) is 0 Å². The van der Waals surface area contributed by atoms with Gasteiger partial charge in [-0.05, 0) is 73.6 Å². The molecule has 0 atom stereocenters. The summed E-state index contributed by atoms with van der Waals surface area (Å²) in [6, 6.07) is 19.6. The average Bonchev–Trinajstić information content (AvgIpc) is 2.81. The van der Waals surface area contributed by atoms with E-state index in [1.807, 2.05) is 26.2 Å². The first-order chi connectivity index (χ1) is 17.0. The predicted octanol–water partition coefficient (Wildman–Crippen LogP) is 5.28. The maximum Gasteiger partial charge on any atom is 0.322 e. The first-order valence-corrected chi connectivity index (χ1v) is 11.7. The van der Waals surface area contributed by atoms with E-state index in [1.165, 1.54) is 24.3 Å². The van der Waals surface area contributed by atoms with Crippen molar-refractivity contribution in [1.82, 2.24) is 9.80 Å². The standard InChI is InChI=1S/C28H34FN5O2/c1-28(2,18-33(3)4)19-34(27(36)31-23-15-13-22(29)14-16-23)17-20-9-11-21(12-10-20)26(35)32-25-8-6-5-7-24(25)30/h5-16H,17-19,30H2,1-4H3,(H,31,36)(H,32,35). The van der Waals surface area contributed by atoms with Gasteiger partial charge in [0.25, 0.3) is 5.91 Å². The van der Waals surface area contributed by atoms with Gasteiger partial charge in [0, 0.05) is 30.9 Å². The van der Waals surface area contributed by atoms with Crippen LogP contribution in [0.15, 0.2) is 72.8 Å². The van der Waals surface area contributed by atoms with E-state index in [2.05, 4.69) is 29.4 Å². The number of carbonyl (C=O) groups excluding carboxylic acids is 2. The molecule has 3 aromatic rings. The van der Waals surface area contributed by atoms with Gasteiger partial charge in [0.1, 0.15) is 5.82 Å². The Morgan fingerprint density at radius 3 is 2.14 bits per heavy atom. The van der Waals surface area contributed by atoms with Crippen LogP contribution < -0.4 is 16.4 Å². The lowest BCUT2D eigenvalue weighted by molar-refractivity contribution is 0.102. The van der Waals surface area contributed by atoms with E-state index in [0.29, 0.717) is 35.7 Å². The lowest BCUT2D eigenvalue weighted by Gasteiger charge is -2.34. The van der Waals surface area contributed by atoms with E-state index in [9.17, 15) is 14.0 Å². The third-order valence-electron chi connectivity index (χ3n) is 5.54. The number of nitrogens with zero attached hydrogens (tertiary/aromatic N) is 2. The maximum atomic E-state index is 13.3. The van der Waals surface area contributed by atoms with Gasteiger partial charge < -0.3 is 26.2 Å². The first-order valence-electron chi connectivity index (χ1n) is 11.7. The summed E-state index contributed by atoms with van der Waals surface area (Å²) in [5.74, 6) is -0.631. The van der Waals surface area contributed by atoms with Gasteiger partial charge in [-0.3, -0.25) is 4.79 Å². The number of rotatable bonds is 9. The fourth-order valence-electron chi connectivity index (χ4n) is 4.15. The van der Waals surface area contributed by atoms with Crippen molar-refractivity contribution >= 4 is 29.0 Å². The number of nitrogen functional groups attached to an aromatic ring is 1. The number of benzene rings is 3. The molecule has 0 spiro atoms. The maximum absolute atomic E-state index is 13.3. The Bertz CT molecular complexity index is 1180. The smallest absolute Gasteiger partial charge is 0.322 e. The Morgan fingerprint density at radius 2 is 1.53 bits per heavy atom. The molecule has 0 aliphatic carbocycles. The van der Waals surface area contributed by atoms with Crippen molar-refractivity contribution in [2.24, 2.45) is 5.41 Å². The molecule has 0 aliphatic rings. The number of nitrogens with one attached hydrogen (secondary N) is 2. The van der Waals surface area contributed by atoms with Crippen LogP contribution in [0.1, 0.15) is 29.8 Å². The number of urea groups is 1. The first kappa shape index (κ1) is 26.7. The van der Waals surface area contributed by atoms with Crippen LogP contribution in [0.2, 0.25) is 0 Å². The molecule has 3 aromatic carbocycles. The quantitative estimate of drug-likeness (QED) is 0.355. The second-order valence-electron chi connectivity index (χ2n) is 9.93. The summed E-state index contributed by atoms with van der Waals surface area (Å²) in [6.07, 6.45) is 0. The highest BCUT2D eigenvalue weighted by Crippen LogP contribution is 2.22. The van der Waals surface area contributed by atoms with Crippen molar-refractivity contribution < 1.29 is 14.0 Å². The summed E-state index contributed by atoms with van der Waals surface area (Å²) in [6.45, 7) is 5.84. The molecule has 0 radical (unpaired) electrons. The van der Waals surface area contributed by atoms with Crippen LogP contribution in [-0.2, 0) is 6.54 Å². The van der Waals surface area contributed by atoms with E-state index < -0.39 is 0 Å². The third-order valence-corrected chi connectivity index (χ3v) is 5.54. The Morgan fingerprint density at radius 1 is 0.889 bits per heavy atom. The summed E-state index contributed by atoms with van der Waals surface area (Å²) in [4.78, 5) is 29.7. The molecular weight excluding hydrogens is 457 g/mol. The topological polar surface area (TPSA) is 90.7 Å². The SMILES string of the molecule is CN(C)CC(C)(C)CN(Cc1ccc(C(=O)Nc2ccccc2N)cc1)C(=O)Nc1ccc(F)cc1. The molecule has 0 fully saturated rings. The van der Waals surface area contributed by atoms with Crippen LogP contribution >= 0.6 is 0 Å². The second-order valence-corrected chi connectivity index (χ2v) is 9.93. The number of hydrogen-bond acceptors (Lipinski definition) is 4. The summed E-state index contributed by atoms with van der Waals surface area (Å²) < 4.78 is 13.3. The largest absolute Gasteiger partial charge is 0.397 e. The Labute approximate surface area is 212 Å². The number of carbonyl (C=O) groups is 2. The number of nitrogens with two attached hydrogens (primary N) is 1. The Hall–Kier alpha value is -3.91. The molecule has 0 aromatic heterocycles. The zero-order valence-electron chi connectivity index (χ0n) is 21.2. The van der Waals surface area contributed by atoms with Crippen LogP contribution in [0, 0.1) is 11.2 Å². The van der Waals surface area contributed by atoms with Gasteiger partial charge in [-0.2, -0.15) is 0 Å². The zero-order chi connectivity index (χ0) is 26.3. The van der Waals surface area contributed by atoms with Crippen LogP contribution in [0.5, 0.6) is 0 Å². The van der Waals surface area contributed by atoms with Gasteiger partial charge in [-0.25, -0.2) is 9.18 Å². The molecule has 0 saturated heterocycles. The van der Waals surface area contributed by atoms with Crippen molar-refractivity contribution in [3.63, 3.8) is 0 Å². The van der Waals surface area contributed by atoms with Gasteiger partial charge in [0.15, 0.2) is 0 Å². The van der Waals surface area contributed by atoms with Crippen molar-refractivity contribution in [3.05, 3.63) is 89.7 Å². The van der Waals surface area contributed by atoms with E-state index in [1.54, 1.807) is 41.3 Å². The highest BCUT2D eigenvalue weighted by molar-refractivity contribution is 6.05. The Kier molecular flexibility index (Phi) is 8.66. The fourth-order valence-corrected chi connectivity index (χ4v) is 4.15. The number of halogens is 1. The molecule has 0 heterocycles. The van der Waals surface area contributed by atoms with Crippen molar-refractivity contribution in [2.45, 2.75) is 20.4 Å². The molecule has 3 amide bonds. The number of anilines is 3. The molecule has 190 valence electrons. The van der Waals surface area contributed by atoms with Gasteiger partial charge in [0.05, 0.1) is 11.4 Å². The van der Waals surface area contributed by atoms with E-state index >= 15 is 0 Å². The van der Waals surface area contributed by atoms with Crippen LogP contribution in [0.4, 0.5) is 26.2 Å². The molecule has 0 bridgehead atoms. The Balaban J connectivity index is 1.74. The molecule has 3 rings (SSSR count). The lowest BCUT2D eigenvalue weighted by atomic mass is 9.92. The minimum Gasteiger partial charge on any atom is -0.397 e. The highest BCUT2D eigenvalue weighted by atomic mass is 19.1. The summed E-state index contributed by atoms with van der Waals surface area (Å²) >= 11 is 0. The van der Waals surface area contributed by atoms with E-state index in [4.69, 9.17) is 5.73 Å². The molecule has 4 N–H and O–H groups in total. The molecule has 8 heteroatoms. The van der Waals surface area contributed by atoms with Crippen molar-refractivity contribution in [1.29, 1.82) is 0 Å². The molecule has 0 saturated carbocycles. The monoisotopic (exact) mass is 491 g/mol. The molecule has 0 aliphatic heterocycles. The average molecular weight is 492 g/mol. The number of hydrogen-bond donors (Lipinski definition) is 3. The van der Waals surface area contributed by atoms with Crippen LogP contribution in [-0.4, -0.2) is 48.9 Å². The molecule has 36 heavy (non-hydrogen) atoms. The van der Waals surface area contributed by atoms with Crippen molar-refractivity contribution in [2.75, 3.05) is 43.6 Å². The number of para-hydroxylation sites is 2. The van der Waals surface area contributed by atoms with Crippen LogP contribution in [0.3, 0.4) is 0 Å². The van der Waals surface area contributed by atoms with E-state index in [-0.39, 0.29) is 23.2 Å². The second kappa shape index (κ2) is 11.7. The molecular formula is C28H34FN5O2.